The lowest BCUT2D eigenvalue weighted by Gasteiger charge is -2.04. The molecule has 2 N–H and O–H groups in total. The van der Waals surface area contributed by atoms with E-state index in [0.717, 1.165) is 0 Å². The van der Waals surface area contributed by atoms with E-state index >= 15 is 0 Å². The van der Waals surface area contributed by atoms with E-state index in [1.165, 1.54) is 0 Å². The molecule has 0 radical (unpaired) electrons. The summed E-state index contributed by atoms with van der Waals surface area (Å²) in [5.41, 5.74) is 6.14. The van der Waals surface area contributed by atoms with Crippen molar-refractivity contribution in [1.82, 2.24) is 4.98 Å². The fourth-order valence-electron chi connectivity index (χ4n) is 0.739. The second-order valence-corrected chi connectivity index (χ2v) is 5.61. The van der Waals surface area contributed by atoms with E-state index in [2.05, 4.69) is 38.4 Å². The van der Waals surface area contributed by atoms with Gasteiger partial charge in [-0.3, -0.25) is 4.98 Å². The molecule has 0 atom stereocenters. The first-order valence-corrected chi connectivity index (χ1v) is 5.23. The molecule has 0 amide bonds. The zero-order chi connectivity index (χ0) is 12.1. The third kappa shape index (κ3) is 7.33. The Morgan fingerprint density at radius 2 is 1.93 bits per heavy atom. The molecule has 0 saturated heterocycles. The van der Waals surface area contributed by atoms with Gasteiger partial charge in [0, 0.05) is 17.5 Å². The van der Waals surface area contributed by atoms with Gasteiger partial charge in [-0.15, -0.1) is 0 Å². The second kappa shape index (κ2) is 6.08. The molecule has 0 aliphatic heterocycles. The van der Waals surface area contributed by atoms with Crippen LogP contribution in [0.1, 0.15) is 32.0 Å². The van der Waals surface area contributed by atoms with E-state index in [4.69, 9.17) is 5.73 Å². The van der Waals surface area contributed by atoms with Crippen molar-refractivity contribution < 1.29 is 4.39 Å². The molecule has 0 fully saturated rings. The Morgan fingerprint density at radius 1 is 1.47 bits per heavy atom. The number of nitrogens with zero attached hydrogens (tertiary/aromatic N) is 1. The van der Waals surface area contributed by atoms with Gasteiger partial charge in [0.05, 0.1) is 5.69 Å². The Morgan fingerprint density at radius 3 is 2.27 bits per heavy atom. The van der Waals surface area contributed by atoms with Crippen LogP contribution in [0.15, 0.2) is 12.3 Å². The predicted octanol–water partition coefficient (Wildman–Crippen LogP) is 2.70. The van der Waals surface area contributed by atoms with Crippen LogP contribution in [-0.2, 0) is 6.54 Å². The summed E-state index contributed by atoms with van der Waals surface area (Å²) in [5.74, 6) is -0.287. The molecule has 2 nitrogen and oxygen atoms in total. The minimum Gasteiger partial charge on any atom is -0.325 e. The average molecular weight is 230 g/mol. The number of thiol groups is 1. The summed E-state index contributed by atoms with van der Waals surface area (Å²) >= 11 is 4.12. The molecule has 1 aromatic heterocycles. The SMILES string of the molecule is CC(C)(C)S.Cc1ccnc(CN)c1F. The molecule has 0 aromatic carbocycles. The average Bonchev–Trinajstić information content (AvgIpc) is 2.07. The molecule has 0 spiro atoms. The molecule has 1 rings (SSSR count). The van der Waals surface area contributed by atoms with Crippen molar-refractivity contribution in [3.05, 3.63) is 29.3 Å². The molecular formula is C11H19FN2S. The Labute approximate surface area is 96.5 Å². The van der Waals surface area contributed by atoms with Gasteiger partial charge in [-0.25, -0.2) is 4.39 Å². The van der Waals surface area contributed by atoms with Gasteiger partial charge >= 0.3 is 0 Å². The Bertz CT molecular complexity index is 302. The molecule has 0 aliphatic rings. The maximum absolute atomic E-state index is 12.9. The van der Waals surface area contributed by atoms with Crippen molar-refractivity contribution in [1.29, 1.82) is 0 Å². The lowest BCUT2D eigenvalue weighted by molar-refractivity contribution is 0.591. The van der Waals surface area contributed by atoms with Crippen molar-refractivity contribution in [3.8, 4) is 0 Å². The summed E-state index contributed by atoms with van der Waals surface area (Å²) in [5, 5.41) is 0. The van der Waals surface area contributed by atoms with Gasteiger partial charge in [0.2, 0.25) is 0 Å². The zero-order valence-corrected chi connectivity index (χ0v) is 10.6. The normalized spacial score (nSPS) is 10.6. The number of pyridine rings is 1. The van der Waals surface area contributed by atoms with Crippen molar-refractivity contribution >= 4 is 12.6 Å². The molecule has 1 aromatic rings. The molecule has 1 heterocycles. The van der Waals surface area contributed by atoms with E-state index in [0.29, 0.717) is 11.3 Å². The van der Waals surface area contributed by atoms with E-state index in [1.807, 2.05) is 0 Å². The fourth-order valence-corrected chi connectivity index (χ4v) is 0.739. The van der Waals surface area contributed by atoms with Gasteiger partial charge in [0.15, 0.2) is 0 Å². The smallest absolute Gasteiger partial charge is 0.148 e. The number of hydrogen-bond acceptors (Lipinski definition) is 3. The van der Waals surface area contributed by atoms with E-state index < -0.39 is 0 Å². The summed E-state index contributed by atoms with van der Waals surface area (Å²) in [6, 6.07) is 1.62. The molecule has 0 bridgehead atoms. The molecule has 86 valence electrons. The summed E-state index contributed by atoms with van der Waals surface area (Å²) in [6.07, 6.45) is 1.56. The van der Waals surface area contributed by atoms with Crippen LogP contribution in [0.25, 0.3) is 0 Å². The number of aryl methyl sites for hydroxylation is 1. The first kappa shape index (κ1) is 14.4. The summed E-state index contributed by atoms with van der Waals surface area (Å²) in [6.45, 7) is 8.01. The van der Waals surface area contributed by atoms with Crippen LogP contribution in [0, 0.1) is 12.7 Å². The molecule has 4 heteroatoms. The van der Waals surface area contributed by atoms with Crippen molar-refractivity contribution in [3.63, 3.8) is 0 Å². The van der Waals surface area contributed by atoms with Crippen LogP contribution in [0.4, 0.5) is 4.39 Å². The molecular weight excluding hydrogens is 211 g/mol. The van der Waals surface area contributed by atoms with Crippen molar-refractivity contribution in [2.24, 2.45) is 5.73 Å². The Kier molecular flexibility index (Phi) is 5.83. The van der Waals surface area contributed by atoms with Crippen LogP contribution in [0.5, 0.6) is 0 Å². The van der Waals surface area contributed by atoms with Gasteiger partial charge in [0.1, 0.15) is 5.82 Å². The monoisotopic (exact) mass is 230 g/mol. The molecule has 0 saturated carbocycles. The lowest BCUT2D eigenvalue weighted by atomic mass is 10.2. The van der Waals surface area contributed by atoms with Gasteiger partial charge in [-0.05, 0) is 18.6 Å². The summed E-state index contributed by atoms with van der Waals surface area (Å²) in [7, 11) is 0. The van der Waals surface area contributed by atoms with E-state index in [9.17, 15) is 4.39 Å². The number of hydrogen-bond donors (Lipinski definition) is 2. The highest BCUT2D eigenvalue weighted by Gasteiger charge is 2.02. The summed E-state index contributed by atoms with van der Waals surface area (Å²) < 4.78 is 13.1. The number of aromatic nitrogens is 1. The van der Waals surface area contributed by atoms with Gasteiger partial charge in [0.25, 0.3) is 0 Å². The van der Waals surface area contributed by atoms with Gasteiger partial charge in [-0.2, -0.15) is 12.6 Å². The topological polar surface area (TPSA) is 38.9 Å². The molecule has 15 heavy (non-hydrogen) atoms. The van der Waals surface area contributed by atoms with E-state index in [-0.39, 0.29) is 17.1 Å². The maximum atomic E-state index is 12.9. The number of halogens is 1. The Hall–Kier alpha value is -0.610. The van der Waals surface area contributed by atoms with Crippen molar-refractivity contribution in [2.45, 2.75) is 39.0 Å². The third-order valence-electron chi connectivity index (χ3n) is 1.35. The van der Waals surface area contributed by atoms with Crippen LogP contribution < -0.4 is 5.73 Å². The first-order chi connectivity index (χ1) is 6.75. The molecule has 0 unspecified atom stereocenters. The first-order valence-electron chi connectivity index (χ1n) is 4.78. The lowest BCUT2D eigenvalue weighted by Crippen LogP contribution is -2.03. The van der Waals surface area contributed by atoms with E-state index in [1.54, 1.807) is 19.2 Å². The summed E-state index contributed by atoms with van der Waals surface area (Å²) in [4.78, 5) is 3.76. The second-order valence-electron chi connectivity index (χ2n) is 4.26. The highest BCUT2D eigenvalue weighted by atomic mass is 32.1. The number of rotatable bonds is 1. The largest absolute Gasteiger partial charge is 0.325 e. The maximum Gasteiger partial charge on any atom is 0.148 e. The van der Waals surface area contributed by atoms with Crippen molar-refractivity contribution in [2.75, 3.05) is 0 Å². The highest BCUT2D eigenvalue weighted by molar-refractivity contribution is 7.81. The highest BCUT2D eigenvalue weighted by Crippen LogP contribution is 2.07. The minimum absolute atomic E-state index is 0.160. The molecule has 0 aliphatic carbocycles. The van der Waals surface area contributed by atoms with Gasteiger partial charge < -0.3 is 5.73 Å². The van der Waals surface area contributed by atoms with Gasteiger partial charge in [-0.1, -0.05) is 20.8 Å². The zero-order valence-electron chi connectivity index (χ0n) is 9.71. The predicted molar refractivity (Wildman–Crippen MR) is 65.6 cm³/mol. The third-order valence-corrected chi connectivity index (χ3v) is 1.35. The standard InChI is InChI=1S/C7H9FN2.C4H10S/c1-5-2-3-10-6(4-9)7(5)8;1-4(2,3)5/h2-3H,4,9H2,1H3;5H,1-3H3. The fraction of sp³-hybridized carbons (Fsp3) is 0.545. The van der Waals surface area contributed by atoms with Crippen LogP contribution >= 0.6 is 12.6 Å². The number of nitrogens with two attached hydrogens (primary N) is 1. The minimum atomic E-state index is -0.287. The van der Waals surface area contributed by atoms with Crippen LogP contribution in [-0.4, -0.2) is 9.73 Å². The van der Waals surface area contributed by atoms with Crippen LogP contribution in [0.3, 0.4) is 0 Å². The Balaban J connectivity index is 0.000000336. The van der Waals surface area contributed by atoms with Crippen LogP contribution in [0.2, 0.25) is 0 Å². The quantitative estimate of drug-likeness (QED) is 0.728.